The van der Waals surface area contributed by atoms with E-state index in [0.717, 1.165) is 11.1 Å². The number of hydrogen-bond acceptors (Lipinski definition) is 4. The van der Waals surface area contributed by atoms with Crippen LogP contribution in [0.5, 0.6) is 5.75 Å². The molecule has 1 heterocycles. The molecule has 1 N–H and O–H groups in total. The minimum atomic E-state index is -3.71. The molecular weight excluding hydrogens is 372 g/mol. The molecule has 0 fully saturated rings. The molecule has 26 heavy (non-hydrogen) atoms. The fourth-order valence-electron chi connectivity index (χ4n) is 2.68. The first-order valence-corrected chi connectivity index (χ1v) is 9.31. The van der Waals surface area contributed by atoms with Crippen LogP contribution in [0.4, 0.5) is 0 Å². The maximum Gasteiger partial charge on any atom is 0.268 e. The first-order valence-electron chi connectivity index (χ1n) is 7.87. The number of ether oxygens (including phenoxy) is 1. The maximum absolute atomic E-state index is 13.1. The Morgan fingerprint density at radius 3 is 2.27 bits per heavy atom. The molecule has 0 aliphatic carbocycles. The zero-order chi connectivity index (χ0) is 17.9. The van der Waals surface area contributed by atoms with Gasteiger partial charge in [0.05, 0.1) is 17.7 Å². The van der Waals surface area contributed by atoms with Crippen molar-refractivity contribution in [2.24, 2.45) is 0 Å². The summed E-state index contributed by atoms with van der Waals surface area (Å²) in [5.74, 6) is 0.616. The normalized spacial score (nSPS) is 11.0. The molecule has 0 saturated heterocycles. The number of nitrogens with one attached hydrogen (secondary N) is 1. The second-order valence-electron chi connectivity index (χ2n) is 5.61. The van der Waals surface area contributed by atoms with Gasteiger partial charge in [-0.25, -0.2) is 12.4 Å². The van der Waals surface area contributed by atoms with Crippen LogP contribution in [-0.4, -0.2) is 26.5 Å². The van der Waals surface area contributed by atoms with E-state index >= 15 is 0 Å². The van der Waals surface area contributed by atoms with Gasteiger partial charge in [-0.3, -0.25) is 0 Å². The van der Waals surface area contributed by atoms with Gasteiger partial charge >= 0.3 is 0 Å². The quantitative estimate of drug-likeness (QED) is 0.697. The number of hydrogen-bond donors (Lipinski definition) is 1. The highest BCUT2D eigenvalue weighted by atomic mass is 35.5. The lowest BCUT2D eigenvalue weighted by Gasteiger charge is -2.11. The summed E-state index contributed by atoms with van der Waals surface area (Å²) in [4.78, 5) is 0.220. The van der Waals surface area contributed by atoms with Crippen molar-refractivity contribution in [1.82, 2.24) is 9.29 Å². The Labute approximate surface area is 160 Å². The van der Waals surface area contributed by atoms with Gasteiger partial charge in [-0.05, 0) is 48.5 Å². The number of halogens is 1. The third-order valence-electron chi connectivity index (χ3n) is 3.91. The molecule has 138 valence electrons. The van der Waals surface area contributed by atoms with Crippen LogP contribution in [0, 0.1) is 0 Å². The zero-order valence-corrected chi connectivity index (χ0v) is 16.2. The molecule has 3 aromatic rings. The molecule has 0 bridgehead atoms. The first-order chi connectivity index (χ1) is 12.1. The summed E-state index contributed by atoms with van der Waals surface area (Å²) >= 11 is 0. The van der Waals surface area contributed by atoms with Crippen molar-refractivity contribution < 1.29 is 13.2 Å². The molecule has 0 spiro atoms. The monoisotopic (exact) mass is 392 g/mol. The molecule has 0 saturated carbocycles. The van der Waals surface area contributed by atoms with E-state index in [2.05, 4.69) is 5.32 Å². The summed E-state index contributed by atoms with van der Waals surface area (Å²) in [6, 6.07) is 17.8. The van der Waals surface area contributed by atoms with Crippen LogP contribution in [0.15, 0.2) is 71.8 Å². The molecule has 0 aliphatic heterocycles. The summed E-state index contributed by atoms with van der Waals surface area (Å²) in [5.41, 5.74) is 2.39. The van der Waals surface area contributed by atoms with Crippen molar-refractivity contribution in [1.29, 1.82) is 0 Å². The zero-order valence-electron chi connectivity index (χ0n) is 14.5. The topological polar surface area (TPSA) is 60.3 Å². The highest BCUT2D eigenvalue weighted by Crippen LogP contribution is 2.27. The first kappa shape index (κ1) is 20.0. The van der Waals surface area contributed by atoms with Gasteiger partial charge in [0.15, 0.2) is 0 Å². The van der Waals surface area contributed by atoms with Crippen molar-refractivity contribution in [3.63, 3.8) is 0 Å². The molecule has 0 amide bonds. The van der Waals surface area contributed by atoms with Crippen LogP contribution in [0.3, 0.4) is 0 Å². The van der Waals surface area contributed by atoms with E-state index < -0.39 is 10.0 Å². The minimum absolute atomic E-state index is 0. The van der Waals surface area contributed by atoms with E-state index in [9.17, 15) is 8.42 Å². The summed E-state index contributed by atoms with van der Waals surface area (Å²) in [5, 5.41) is 3.06. The smallest absolute Gasteiger partial charge is 0.268 e. The molecule has 5 nitrogen and oxygen atoms in total. The fraction of sp³-hybridized carbons (Fsp3) is 0.158. The SMILES string of the molecule is CNCc1cc(-c2ccccc2)n(S(=O)(=O)c2ccc(OC)cc2)c1.Cl. The lowest BCUT2D eigenvalue weighted by molar-refractivity contribution is 0.414. The Morgan fingerprint density at radius 1 is 1.04 bits per heavy atom. The summed E-state index contributed by atoms with van der Waals surface area (Å²) in [6.45, 7) is 0.588. The average Bonchev–Trinajstić information content (AvgIpc) is 3.08. The molecule has 0 aliphatic rings. The lowest BCUT2D eigenvalue weighted by atomic mass is 10.1. The Morgan fingerprint density at radius 2 is 1.69 bits per heavy atom. The van der Waals surface area contributed by atoms with Gasteiger partial charge < -0.3 is 10.1 Å². The Balaban J connectivity index is 0.00000243. The molecule has 2 aromatic carbocycles. The largest absolute Gasteiger partial charge is 0.497 e. The molecule has 1 aromatic heterocycles. The van der Waals surface area contributed by atoms with Gasteiger partial charge in [-0.2, -0.15) is 0 Å². The summed E-state index contributed by atoms with van der Waals surface area (Å²) in [7, 11) is -0.327. The number of rotatable bonds is 6. The van der Waals surface area contributed by atoms with Crippen LogP contribution in [-0.2, 0) is 16.6 Å². The molecule has 0 radical (unpaired) electrons. The third-order valence-corrected chi connectivity index (χ3v) is 5.60. The lowest BCUT2D eigenvalue weighted by Crippen LogP contribution is -2.13. The number of benzene rings is 2. The number of methoxy groups -OCH3 is 1. The minimum Gasteiger partial charge on any atom is -0.497 e. The summed E-state index contributed by atoms with van der Waals surface area (Å²) < 4.78 is 32.7. The maximum atomic E-state index is 13.1. The van der Waals surface area contributed by atoms with E-state index in [1.54, 1.807) is 37.6 Å². The summed E-state index contributed by atoms with van der Waals surface area (Å²) in [6.07, 6.45) is 1.67. The van der Waals surface area contributed by atoms with Crippen molar-refractivity contribution in [3.8, 4) is 17.0 Å². The van der Waals surface area contributed by atoms with E-state index in [4.69, 9.17) is 4.74 Å². The van der Waals surface area contributed by atoms with Gasteiger partial charge in [-0.1, -0.05) is 30.3 Å². The fourth-order valence-corrected chi connectivity index (χ4v) is 4.08. The second kappa shape index (κ2) is 8.40. The molecular formula is C19H21ClN2O3S. The van der Waals surface area contributed by atoms with Crippen LogP contribution in [0.2, 0.25) is 0 Å². The van der Waals surface area contributed by atoms with Crippen LogP contribution >= 0.6 is 12.4 Å². The van der Waals surface area contributed by atoms with E-state index in [1.165, 1.54) is 3.97 Å². The standard InChI is InChI=1S/C19H20N2O3S.ClH/c1-20-13-15-12-19(16-6-4-3-5-7-16)21(14-15)25(22,23)18-10-8-17(24-2)9-11-18;/h3-12,14,20H,13H2,1-2H3;1H. The molecule has 3 rings (SSSR count). The molecule has 0 atom stereocenters. The average molecular weight is 393 g/mol. The highest BCUT2D eigenvalue weighted by Gasteiger charge is 2.21. The Bertz CT molecular complexity index is 952. The van der Waals surface area contributed by atoms with E-state index in [1.807, 2.05) is 43.4 Å². The number of nitrogens with zero attached hydrogens (tertiary/aromatic N) is 1. The van der Waals surface area contributed by atoms with E-state index in [0.29, 0.717) is 18.0 Å². The Hall–Kier alpha value is -2.28. The molecule has 7 heteroatoms. The van der Waals surface area contributed by atoms with Gasteiger partial charge in [0.1, 0.15) is 5.75 Å². The van der Waals surface area contributed by atoms with Crippen LogP contribution < -0.4 is 10.1 Å². The van der Waals surface area contributed by atoms with Gasteiger partial charge in [0, 0.05) is 12.7 Å². The van der Waals surface area contributed by atoms with Crippen molar-refractivity contribution >= 4 is 22.4 Å². The van der Waals surface area contributed by atoms with Crippen LogP contribution in [0.25, 0.3) is 11.3 Å². The van der Waals surface area contributed by atoms with Gasteiger partial charge in [-0.15, -0.1) is 12.4 Å². The van der Waals surface area contributed by atoms with Crippen molar-refractivity contribution in [2.45, 2.75) is 11.4 Å². The van der Waals surface area contributed by atoms with Crippen molar-refractivity contribution in [3.05, 3.63) is 72.4 Å². The van der Waals surface area contributed by atoms with Gasteiger partial charge in [0.2, 0.25) is 0 Å². The predicted molar refractivity (Wildman–Crippen MR) is 105 cm³/mol. The van der Waals surface area contributed by atoms with E-state index in [-0.39, 0.29) is 17.3 Å². The third kappa shape index (κ3) is 3.93. The number of aromatic nitrogens is 1. The predicted octanol–water partition coefficient (Wildman–Crippen LogP) is 3.54. The highest BCUT2D eigenvalue weighted by molar-refractivity contribution is 7.90. The second-order valence-corrected chi connectivity index (χ2v) is 7.42. The van der Waals surface area contributed by atoms with Crippen LogP contribution in [0.1, 0.15) is 5.56 Å². The van der Waals surface area contributed by atoms with Gasteiger partial charge in [0.25, 0.3) is 10.0 Å². The Kier molecular flexibility index (Phi) is 6.47. The van der Waals surface area contributed by atoms with Crippen molar-refractivity contribution in [2.75, 3.05) is 14.2 Å². The molecule has 0 unspecified atom stereocenters.